The average Bonchev–Trinajstić information content (AvgIpc) is 2.88. The molecule has 1 aliphatic heterocycles. The molecule has 2 unspecified atom stereocenters. The van der Waals surface area contributed by atoms with Crippen LogP contribution in [-0.4, -0.2) is 30.1 Å². The minimum atomic E-state index is -0.724. The third kappa shape index (κ3) is 3.59. The summed E-state index contributed by atoms with van der Waals surface area (Å²) in [5.74, 6) is -1.42. The van der Waals surface area contributed by atoms with Crippen molar-refractivity contribution < 1.29 is 23.0 Å². The van der Waals surface area contributed by atoms with Gasteiger partial charge in [0.2, 0.25) is 5.91 Å². The molecule has 7 heteroatoms. The van der Waals surface area contributed by atoms with Gasteiger partial charge in [-0.25, -0.2) is 13.8 Å². The molecule has 1 saturated heterocycles. The summed E-state index contributed by atoms with van der Waals surface area (Å²) in [6.07, 6.45) is 1.44. The van der Waals surface area contributed by atoms with Gasteiger partial charge in [-0.15, -0.1) is 0 Å². The monoisotopic (exact) mass is 376 g/mol. The van der Waals surface area contributed by atoms with Crippen LogP contribution >= 0.6 is 0 Å². The van der Waals surface area contributed by atoms with Crippen LogP contribution in [0.25, 0.3) is 0 Å². The predicted molar refractivity (Wildman–Crippen MR) is 97.2 cm³/mol. The highest BCUT2D eigenvalue weighted by molar-refractivity contribution is 5.97. The number of rotatable bonds is 5. The molecule has 5 nitrogen and oxygen atoms in total. The second-order valence-electron chi connectivity index (χ2n) is 6.81. The summed E-state index contributed by atoms with van der Waals surface area (Å²) < 4.78 is 39.7. The highest BCUT2D eigenvalue weighted by Crippen LogP contribution is 2.42. The van der Waals surface area contributed by atoms with Gasteiger partial charge < -0.3 is 9.47 Å². The summed E-state index contributed by atoms with van der Waals surface area (Å²) in [6, 6.07) is 5.22. The van der Waals surface area contributed by atoms with Gasteiger partial charge in [0.1, 0.15) is 17.4 Å². The van der Waals surface area contributed by atoms with E-state index in [2.05, 4.69) is 4.98 Å². The Morgan fingerprint density at radius 3 is 2.52 bits per heavy atom. The average molecular weight is 376 g/mol. The minimum absolute atomic E-state index is 0.0149. The van der Waals surface area contributed by atoms with Crippen molar-refractivity contribution >= 4 is 11.7 Å². The van der Waals surface area contributed by atoms with E-state index < -0.39 is 23.6 Å². The Morgan fingerprint density at radius 1 is 1.26 bits per heavy atom. The molecule has 2 atom stereocenters. The fourth-order valence-electron chi connectivity index (χ4n) is 3.46. The molecule has 0 radical (unpaired) electrons. The normalized spacial score (nSPS) is 19.7. The molecule has 0 N–H and O–H groups in total. The Kier molecular flexibility index (Phi) is 5.30. The van der Waals surface area contributed by atoms with Gasteiger partial charge in [-0.1, -0.05) is 0 Å². The molecule has 3 rings (SSSR count). The zero-order valence-corrected chi connectivity index (χ0v) is 15.7. The van der Waals surface area contributed by atoms with Crippen LogP contribution in [0.5, 0.6) is 11.5 Å². The first-order valence-electron chi connectivity index (χ1n) is 8.80. The fraction of sp³-hybridized carbons (Fsp3) is 0.400. The number of methoxy groups -OCH3 is 1. The lowest BCUT2D eigenvalue weighted by Crippen LogP contribution is -2.34. The van der Waals surface area contributed by atoms with Gasteiger partial charge in [-0.3, -0.25) is 9.69 Å². The number of hydrogen-bond acceptors (Lipinski definition) is 4. The van der Waals surface area contributed by atoms with Crippen molar-refractivity contribution in [2.75, 3.05) is 12.0 Å². The smallest absolute Gasteiger partial charge is 0.229 e. The Balaban J connectivity index is 1.99. The molecular weight excluding hydrogens is 354 g/mol. The lowest BCUT2D eigenvalue weighted by molar-refractivity contribution is -0.117. The first-order chi connectivity index (χ1) is 12.8. The molecule has 0 saturated carbocycles. The van der Waals surface area contributed by atoms with E-state index >= 15 is 0 Å². The number of ether oxygens (including phenoxy) is 2. The number of pyridine rings is 1. The molecule has 27 heavy (non-hydrogen) atoms. The molecule has 0 aliphatic carbocycles. The van der Waals surface area contributed by atoms with E-state index in [0.717, 1.165) is 12.1 Å². The topological polar surface area (TPSA) is 51.7 Å². The molecule has 0 spiro atoms. The number of benzene rings is 1. The number of halogens is 2. The highest BCUT2D eigenvalue weighted by Gasteiger charge is 2.42. The van der Waals surface area contributed by atoms with E-state index in [-0.39, 0.29) is 29.7 Å². The predicted octanol–water partition coefficient (Wildman–Crippen LogP) is 4.06. The summed E-state index contributed by atoms with van der Waals surface area (Å²) in [5.41, 5.74) is -0.110. The van der Waals surface area contributed by atoms with Crippen LogP contribution in [0.4, 0.5) is 14.6 Å². The quantitative estimate of drug-likeness (QED) is 0.790. The summed E-state index contributed by atoms with van der Waals surface area (Å²) >= 11 is 0. The number of nitrogens with zero attached hydrogens (tertiary/aromatic N) is 2. The lowest BCUT2D eigenvalue weighted by Gasteiger charge is -2.26. The molecule has 1 aromatic heterocycles. The Morgan fingerprint density at radius 2 is 1.93 bits per heavy atom. The third-order valence-electron chi connectivity index (χ3n) is 4.65. The third-order valence-corrected chi connectivity index (χ3v) is 4.65. The van der Waals surface area contributed by atoms with Gasteiger partial charge in [0.25, 0.3) is 0 Å². The molecule has 1 amide bonds. The fourth-order valence-corrected chi connectivity index (χ4v) is 3.46. The van der Waals surface area contributed by atoms with Crippen LogP contribution in [-0.2, 0) is 4.79 Å². The maximum Gasteiger partial charge on any atom is 0.229 e. The Labute approximate surface area is 156 Å². The van der Waals surface area contributed by atoms with Crippen molar-refractivity contribution in [2.24, 2.45) is 0 Å². The maximum absolute atomic E-state index is 14.5. The molecule has 0 bridgehead atoms. The molecule has 144 valence electrons. The zero-order valence-electron chi connectivity index (χ0n) is 15.7. The van der Waals surface area contributed by atoms with E-state index in [0.29, 0.717) is 11.6 Å². The number of anilines is 1. The van der Waals surface area contributed by atoms with Crippen LogP contribution < -0.4 is 14.4 Å². The highest BCUT2D eigenvalue weighted by atomic mass is 19.1. The standard InChI is InChI=1S/C20H22F2N2O3/c1-11(2)27-17-6-5-7-23-20(17)24-12(3)14(10-18(24)25)19-15(21)8-13(26-4)9-16(19)22/h5-9,11-12,14H,10H2,1-4H3. The van der Waals surface area contributed by atoms with Crippen LogP contribution in [0.15, 0.2) is 30.5 Å². The largest absolute Gasteiger partial charge is 0.497 e. The van der Waals surface area contributed by atoms with E-state index in [1.54, 1.807) is 25.3 Å². The van der Waals surface area contributed by atoms with Gasteiger partial charge in [-0.05, 0) is 32.9 Å². The Bertz CT molecular complexity index is 834. The summed E-state index contributed by atoms with van der Waals surface area (Å²) in [4.78, 5) is 18.5. The van der Waals surface area contributed by atoms with E-state index in [4.69, 9.17) is 9.47 Å². The second kappa shape index (κ2) is 7.50. The maximum atomic E-state index is 14.5. The zero-order chi connectivity index (χ0) is 19.7. The molecule has 1 fully saturated rings. The van der Waals surface area contributed by atoms with Gasteiger partial charge in [0.05, 0.1) is 13.2 Å². The summed E-state index contributed by atoms with van der Waals surface area (Å²) in [5, 5.41) is 0. The van der Waals surface area contributed by atoms with Gasteiger partial charge in [-0.2, -0.15) is 0 Å². The van der Waals surface area contributed by atoms with Crippen molar-refractivity contribution in [3.8, 4) is 11.5 Å². The van der Waals surface area contributed by atoms with E-state index in [9.17, 15) is 13.6 Å². The number of aromatic nitrogens is 1. The lowest BCUT2D eigenvalue weighted by atomic mass is 9.91. The van der Waals surface area contributed by atoms with Crippen molar-refractivity contribution in [2.45, 2.75) is 45.3 Å². The molecule has 2 heterocycles. The van der Waals surface area contributed by atoms with E-state index in [1.807, 2.05) is 13.8 Å². The SMILES string of the molecule is COc1cc(F)c(C2CC(=O)N(c3ncccc3OC(C)C)C2C)c(F)c1. The van der Waals surface area contributed by atoms with Crippen LogP contribution in [0.2, 0.25) is 0 Å². The first-order valence-corrected chi connectivity index (χ1v) is 8.80. The van der Waals surface area contributed by atoms with Gasteiger partial charge in [0.15, 0.2) is 11.6 Å². The second-order valence-corrected chi connectivity index (χ2v) is 6.81. The summed E-state index contributed by atoms with van der Waals surface area (Å²) in [7, 11) is 1.34. The number of amides is 1. The first kappa shape index (κ1) is 19.1. The van der Waals surface area contributed by atoms with Crippen molar-refractivity contribution in [1.82, 2.24) is 4.98 Å². The summed E-state index contributed by atoms with van der Waals surface area (Å²) in [6.45, 7) is 5.50. The molecule has 1 aromatic carbocycles. The molecular formula is C20H22F2N2O3. The molecule has 2 aromatic rings. The minimum Gasteiger partial charge on any atom is -0.497 e. The number of carbonyl (C=O) groups is 1. The van der Waals surface area contributed by atoms with Crippen molar-refractivity contribution in [1.29, 1.82) is 0 Å². The van der Waals surface area contributed by atoms with Gasteiger partial charge in [0, 0.05) is 42.3 Å². The Hall–Kier alpha value is -2.70. The number of hydrogen-bond donors (Lipinski definition) is 0. The molecule has 1 aliphatic rings. The van der Waals surface area contributed by atoms with Crippen LogP contribution in [0.1, 0.15) is 38.7 Å². The van der Waals surface area contributed by atoms with Crippen molar-refractivity contribution in [3.05, 3.63) is 47.7 Å². The van der Waals surface area contributed by atoms with E-state index in [1.165, 1.54) is 12.0 Å². The van der Waals surface area contributed by atoms with Gasteiger partial charge >= 0.3 is 0 Å². The van der Waals surface area contributed by atoms with Crippen LogP contribution in [0.3, 0.4) is 0 Å². The van der Waals surface area contributed by atoms with Crippen molar-refractivity contribution in [3.63, 3.8) is 0 Å². The number of carbonyl (C=O) groups excluding carboxylic acids is 1. The van der Waals surface area contributed by atoms with Crippen LogP contribution in [0, 0.1) is 11.6 Å².